The molecule has 0 fully saturated rings. The van der Waals surface area contributed by atoms with Crippen molar-refractivity contribution in [1.29, 1.82) is 0 Å². The Morgan fingerprint density at radius 3 is 2.53 bits per heavy atom. The van der Waals surface area contributed by atoms with Gasteiger partial charge in [-0.05, 0) is 60.0 Å². The summed E-state index contributed by atoms with van der Waals surface area (Å²) in [5.41, 5.74) is 2.89. The number of hydrogen-bond donors (Lipinski definition) is 1. The number of rotatable bonds is 3. The zero-order chi connectivity index (χ0) is 22.4. The number of carboxylic acid groups (broad SMARTS) is 1. The molecule has 162 valence electrons. The van der Waals surface area contributed by atoms with Crippen molar-refractivity contribution in [2.24, 2.45) is 0 Å². The van der Waals surface area contributed by atoms with Crippen LogP contribution in [-0.4, -0.2) is 30.2 Å². The van der Waals surface area contributed by atoms with Crippen molar-refractivity contribution in [2.45, 2.75) is 18.9 Å². The molecule has 0 bridgehead atoms. The van der Waals surface area contributed by atoms with Gasteiger partial charge in [-0.3, -0.25) is 14.5 Å². The maximum Gasteiger partial charge on any atom is 0.313 e. The predicted octanol–water partition coefficient (Wildman–Crippen LogP) is 4.99. The van der Waals surface area contributed by atoms with Gasteiger partial charge in [-0.1, -0.05) is 35.9 Å². The number of hydrogen-bond acceptors (Lipinski definition) is 4. The lowest BCUT2D eigenvalue weighted by atomic mass is 9.79. The number of aliphatic carboxylic acids is 1. The summed E-state index contributed by atoms with van der Waals surface area (Å²) in [5, 5.41) is 10.9. The van der Waals surface area contributed by atoms with Crippen LogP contribution in [0, 0.1) is 6.92 Å². The molecule has 0 aliphatic carbocycles. The van der Waals surface area contributed by atoms with Crippen molar-refractivity contribution >= 4 is 29.2 Å². The maximum atomic E-state index is 13.7. The third kappa shape index (κ3) is 3.28. The Morgan fingerprint density at radius 1 is 1.03 bits per heavy atom. The van der Waals surface area contributed by atoms with Crippen molar-refractivity contribution in [1.82, 2.24) is 0 Å². The molecule has 0 aromatic heterocycles. The number of carboxylic acids is 1. The van der Waals surface area contributed by atoms with Crippen LogP contribution in [0.2, 0.25) is 5.02 Å². The number of fused-ring (bicyclic) bond motifs is 2. The van der Waals surface area contributed by atoms with Gasteiger partial charge < -0.3 is 14.6 Å². The normalized spacial score (nSPS) is 19.4. The second-order valence-electron chi connectivity index (χ2n) is 7.86. The van der Waals surface area contributed by atoms with Crippen molar-refractivity contribution in [3.63, 3.8) is 0 Å². The van der Waals surface area contributed by atoms with Crippen molar-refractivity contribution in [3.05, 3.63) is 87.9 Å². The van der Waals surface area contributed by atoms with Gasteiger partial charge in [0.15, 0.2) is 11.5 Å². The minimum Gasteiger partial charge on any atom is -0.486 e. The number of nitrogens with zero attached hydrogens (tertiary/aromatic N) is 1. The van der Waals surface area contributed by atoms with Crippen LogP contribution in [-0.2, 0) is 4.79 Å². The van der Waals surface area contributed by atoms with E-state index in [0.717, 1.165) is 5.56 Å². The van der Waals surface area contributed by atoms with Gasteiger partial charge in [-0.15, -0.1) is 0 Å². The summed E-state index contributed by atoms with van der Waals surface area (Å²) in [7, 11) is 0. The van der Waals surface area contributed by atoms with E-state index in [1.807, 2.05) is 6.92 Å². The second kappa shape index (κ2) is 7.88. The van der Waals surface area contributed by atoms with Crippen LogP contribution in [0.5, 0.6) is 11.5 Å². The standard InChI is InChI=1S/C25H20ClNO5/c1-14-12-16(7-8-19(14)26)27-23(15-6-9-20-21(13-15)32-11-10-31-20)22(25(29)30)17-4-2-3-5-18(17)24(27)28/h2-9,12-13,22-23H,10-11H2,1H3,(H,29,30)/t22-,23+/m0/s1. The Morgan fingerprint density at radius 2 is 1.78 bits per heavy atom. The first-order chi connectivity index (χ1) is 15.5. The minimum atomic E-state index is -1.01. The summed E-state index contributed by atoms with van der Waals surface area (Å²) >= 11 is 6.22. The van der Waals surface area contributed by atoms with Crippen LogP contribution in [0.1, 0.15) is 39.0 Å². The first kappa shape index (κ1) is 20.4. The lowest BCUT2D eigenvalue weighted by Gasteiger charge is -2.41. The van der Waals surface area contributed by atoms with Gasteiger partial charge in [0, 0.05) is 16.3 Å². The molecule has 6 nitrogen and oxygen atoms in total. The van der Waals surface area contributed by atoms with Crippen LogP contribution in [0.15, 0.2) is 60.7 Å². The molecule has 0 unspecified atom stereocenters. The highest BCUT2D eigenvalue weighted by molar-refractivity contribution is 6.31. The van der Waals surface area contributed by atoms with Crippen LogP contribution in [0.25, 0.3) is 0 Å². The molecule has 1 N–H and O–H groups in total. The molecule has 3 aromatic carbocycles. The summed E-state index contributed by atoms with van der Waals surface area (Å²) in [5.74, 6) is -1.11. The number of ether oxygens (including phenoxy) is 2. The molecule has 2 aliphatic heterocycles. The van der Waals surface area contributed by atoms with E-state index < -0.39 is 17.9 Å². The van der Waals surface area contributed by atoms with Crippen LogP contribution in [0.3, 0.4) is 0 Å². The summed E-state index contributed by atoms with van der Waals surface area (Å²) in [6, 6.07) is 16.7. The van der Waals surface area contributed by atoms with Crippen molar-refractivity contribution < 1.29 is 24.2 Å². The number of benzene rings is 3. The molecule has 5 rings (SSSR count). The van der Waals surface area contributed by atoms with E-state index in [1.165, 1.54) is 0 Å². The molecule has 7 heteroatoms. The second-order valence-corrected chi connectivity index (χ2v) is 8.27. The molecule has 2 aliphatic rings. The average Bonchev–Trinajstić information content (AvgIpc) is 2.80. The molecule has 2 heterocycles. The number of aryl methyl sites for hydroxylation is 1. The highest BCUT2D eigenvalue weighted by atomic mass is 35.5. The Bertz CT molecular complexity index is 1240. The fraction of sp³-hybridized carbons (Fsp3) is 0.200. The quantitative estimate of drug-likeness (QED) is 0.609. The fourth-order valence-electron chi connectivity index (χ4n) is 4.45. The molecule has 2 atom stereocenters. The molecular weight excluding hydrogens is 430 g/mol. The van der Waals surface area contributed by atoms with E-state index >= 15 is 0 Å². The smallest absolute Gasteiger partial charge is 0.313 e. The number of halogens is 1. The first-order valence-corrected chi connectivity index (χ1v) is 10.6. The molecule has 0 radical (unpaired) electrons. The van der Waals surface area contributed by atoms with E-state index in [0.29, 0.717) is 52.1 Å². The van der Waals surface area contributed by atoms with Gasteiger partial charge in [0.25, 0.3) is 5.91 Å². The third-order valence-electron chi connectivity index (χ3n) is 5.93. The topological polar surface area (TPSA) is 76.1 Å². The summed E-state index contributed by atoms with van der Waals surface area (Å²) in [6.45, 7) is 2.71. The number of amides is 1. The predicted molar refractivity (Wildman–Crippen MR) is 120 cm³/mol. The van der Waals surface area contributed by atoms with Gasteiger partial charge in [-0.25, -0.2) is 0 Å². The zero-order valence-electron chi connectivity index (χ0n) is 17.2. The number of carbonyl (C=O) groups excluding carboxylic acids is 1. The summed E-state index contributed by atoms with van der Waals surface area (Å²) in [6.07, 6.45) is 0. The largest absolute Gasteiger partial charge is 0.486 e. The highest BCUT2D eigenvalue weighted by Gasteiger charge is 2.45. The molecule has 3 aromatic rings. The van der Waals surface area contributed by atoms with Gasteiger partial charge >= 0.3 is 5.97 Å². The first-order valence-electron chi connectivity index (χ1n) is 10.3. The fourth-order valence-corrected chi connectivity index (χ4v) is 4.57. The van der Waals surface area contributed by atoms with Crippen LogP contribution >= 0.6 is 11.6 Å². The lowest BCUT2D eigenvalue weighted by Crippen LogP contribution is -2.45. The SMILES string of the molecule is Cc1cc(N2C(=O)c3ccccc3[C@H](C(=O)O)[C@H]2c2ccc3c(c2)OCCO3)ccc1Cl. The molecule has 0 saturated heterocycles. The van der Waals surface area contributed by atoms with Crippen molar-refractivity contribution in [2.75, 3.05) is 18.1 Å². The van der Waals surface area contributed by atoms with Gasteiger partial charge in [-0.2, -0.15) is 0 Å². The molecule has 32 heavy (non-hydrogen) atoms. The van der Waals surface area contributed by atoms with Gasteiger partial charge in [0.05, 0.1) is 6.04 Å². The molecule has 0 saturated carbocycles. The van der Waals surface area contributed by atoms with E-state index in [2.05, 4.69) is 0 Å². The number of anilines is 1. The highest BCUT2D eigenvalue weighted by Crippen LogP contribution is 2.47. The minimum absolute atomic E-state index is 0.264. The summed E-state index contributed by atoms with van der Waals surface area (Å²) in [4.78, 5) is 27.8. The Labute approximate surface area is 189 Å². The third-order valence-corrected chi connectivity index (χ3v) is 6.36. The Balaban J connectivity index is 1.74. The Hall–Kier alpha value is -3.51. The van der Waals surface area contributed by atoms with Crippen LogP contribution < -0.4 is 14.4 Å². The van der Waals surface area contributed by atoms with E-state index in [-0.39, 0.29) is 5.91 Å². The number of carbonyl (C=O) groups is 2. The monoisotopic (exact) mass is 449 g/mol. The molecule has 1 amide bonds. The van der Waals surface area contributed by atoms with E-state index in [4.69, 9.17) is 21.1 Å². The molecular formula is C25H20ClNO5. The van der Waals surface area contributed by atoms with Gasteiger partial charge in [0.1, 0.15) is 19.1 Å². The lowest BCUT2D eigenvalue weighted by molar-refractivity contribution is -0.139. The molecule has 0 spiro atoms. The Kier molecular flexibility index (Phi) is 5.02. The van der Waals surface area contributed by atoms with Gasteiger partial charge in [0.2, 0.25) is 0 Å². The zero-order valence-corrected chi connectivity index (χ0v) is 18.0. The van der Waals surface area contributed by atoms with Crippen molar-refractivity contribution in [3.8, 4) is 11.5 Å². The van der Waals surface area contributed by atoms with Crippen LogP contribution in [0.4, 0.5) is 5.69 Å². The average molecular weight is 450 g/mol. The van der Waals surface area contributed by atoms with E-state index in [1.54, 1.807) is 65.6 Å². The summed E-state index contributed by atoms with van der Waals surface area (Å²) < 4.78 is 11.4. The maximum absolute atomic E-state index is 13.7. The van der Waals surface area contributed by atoms with E-state index in [9.17, 15) is 14.7 Å².